The third-order valence-corrected chi connectivity index (χ3v) is 7.12. The molecule has 0 saturated carbocycles. The van der Waals surface area contributed by atoms with Crippen molar-refractivity contribution in [2.75, 3.05) is 31.2 Å². The monoisotopic (exact) mass is 387 g/mol. The number of hydrogen-bond acceptors (Lipinski definition) is 6. The Kier molecular flexibility index (Phi) is 4.61. The number of rotatable bonds is 4. The molecule has 144 valence electrons. The number of hydrogen-bond donors (Lipinski definition) is 2. The minimum Gasteiger partial charge on any atom is -0.378 e. The van der Waals surface area contributed by atoms with Gasteiger partial charge < -0.3 is 15.0 Å². The summed E-state index contributed by atoms with van der Waals surface area (Å²) in [5.41, 5.74) is 4.69. The topological polar surface area (TPSA) is 83.1 Å². The van der Waals surface area contributed by atoms with Crippen LogP contribution in [0, 0.1) is 5.92 Å². The quantitative estimate of drug-likeness (QED) is 0.833. The SMILES string of the molecule is O=C(NCc1n[nH]c2c1CCC2)C1CCc2sc(N3CCOCC3)nc2C1. The van der Waals surface area contributed by atoms with E-state index in [0.29, 0.717) is 6.54 Å². The molecule has 0 aromatic carbocycles. The number of H-pyrrole nitrogens is 1. The number of ether oxygens (including phenoxy) is 1. The first kappa shape index (κ1) is 17.2. The molecule has 2 aromatic rings. The van der Waals surface area contributed by atoms with Gasteiger partial charge >= 0.3 is 0 Å². The van der Waals surface area contributed by atoms with Crippen molar-refractivity contribution in [1.82, 2.24) is 20.5 Å². The molecule has 1 aliphatic heterocycles. The summed E-state index contributed by atoms with van der Waals surface area (Å²) < 4.78 is 5.43. The van der Waals surface area contributed by atoms with Gasteiger partial charge in [-0.2, -0.15) is 5.10 Å². The molecular weight excluding hydrogens is 362 g/mol. The van der Waals surface area contributed by atoms with Crippen molar-refractivity contribution in [1.29, 1.82) is 0 Å². The number of aryl methyl sites for hydroxylation is 2. The molecule has 5 rings (SSSR count). The summed E-state index contributed by atoms with van der Waals surface area (Å²) in [7, 11) is 0. The number of aromatic nitrogens is 3. The van der Waals surface area contributed by atoms with E-state index in [1.807, 2.05) is 0 Å². The predicted octanol–water partition coefficient (Wildman–Crippen LogP) is 1.61. The van der Waals surface area contributed by atoms with Crippen LogP contribution in [0.4, 0.5) is 5.13 Å². The molecule has 3 aliphatic rings. The van der Waals surface area contributed by atoms with E-state index in [2.05, 4.69) is 20.4 Å². The van der Waals surface area contributed by atoms with Gasteiger partial charge in [-0.1, -0.05) is 0 Å². The van der Waals surface area contributed by atoms with E-state index in [1.165, 1.54) is 22.6 Å². The van der Waals surface area contributed by atoms with Crippen molar-refractivity contribution in [2.24, 2.45) is 5.92 Å². The Morgan fingerprint density at radius 2 is 2.19 bits per heavy atom. The lowest BCUT2D eigenvalue weighted by atomic mass is 9.90. The molecule has 0 spiro atoms. The fourth-order valence-electron chi connectivity index (χ4n) is 4.33. The van der Waals surface area contributed by atoms with E-state index < -0.39 is 0 Å². The third-order valence-electron chi connectivity index (χ3n) is 5.90. The van der Waals surface area contributed by atoms with Crippen LogP contribution in [0.3, 0.4) is 0 Å². The molecule has 27 heavy (non-hydrogen) atoms. The second-order valence-electron chi connectivity index (χ2n) is 7.60. The molecule has 0 radical (unpaired) electrons. The zero-order chi connectivity index (χ0) is 18.2. The molecule has 7 nitrogen and oxygen atoms in total. The molecule has 1 amide bonds. The molecule has 0 bridgehead atoms. The zero-order valence-corrected chi connectivity index (χ0v) is 16.2. The van der Waals surface area contributed by atoms with Crippen LogP contribution in [0.5, 0.6) is 0 Å². The van der Waals surface area contributed by atoms with Crippen LogP contribution < -0.4 is 10.2 Å². The van der Waals surface area contributed by atoms with Gasteiger partial charge in [-0.05, 0) is 37.7 Å². The maximum absolute atomic E-state index is 12.7. The summed E-state index contributed by atoms with van der Waals surface area (Å²) >= 11 is 1.79. The molecule has 8 heteroatoms. The van der Waals surface area contributed by atoms with Crippen LogP contribution in [0.1, 0.15) is 40.4 Å². The average Bonchev–Trinajstić information content (AvgIpc) is 3.42. The highest BCUT2D eigenvalue weighted by Crippen LogP contribution is 2.34. The second kappa shape index (κ2) is 7.24. The molecule has 1 atom stereocenters. The summed E-state index contributed by atoms with van der Waals surface area (Å²) in [5.74, 6) is 0.153. The van der Waals surface area contributed by atoms with Crippen LogP contribution in [0.25, 0.3) is 0 Å². The lowest BCUT2D eigenvalue weighted by Crippen LogP contribution is -2.36. The summed E-state index contributed by atoms with van der Waals surface area (Å²) in [5, 5.41) is 11.7. The van der Waals surface area contributed by atoms with E-state index in [4.69, 9.17) is 9.72 Å². The Bertz CT molecular complexity index is 839. The van der Waals surface area contributed by atoms with Crippen LogP contribution in [-0.4, -0.2) is 47.4 Å². The number of carbonyl (C=O) groups is 1. The lowest BCUT2D eigenvalue weighted by Gasteiger charge is -2.26. The minimum atomic E-state index is 0.0177. The standard InChI is InChI=1S/C19H25N5O2S/c25-18(20-11-16-13-2-1-3-14(13)22-23-16)12-4-5-17-15(10-12)21-19(27-17)24-6-8-26-9-7-24/h12H,1-11H2,(H,20,25)(H,22,23). The van der Waals surface area contributed by atoms with E-state index in [1.54, 1.807) is 11.3 Å². The zero-order valence-electron chi connectivity index (χ0n) is 15.4. The van der Waals surface area contributed by atoms with Crippen LogP contribution in [-0.2, 0) is 41.8 Å². The smallest absolute Gasteiger partial charge is 0.223 e. The first-order valence-corrected chi connectivity index (χ1v) is 10.7. The summed E-state index contributed by atoms with van der Waals surface area (Å²) in [4.78, 5) is 21.2. The van der Waals surface area contributed by atoms with Crippen molar-refractivity contribution >= 4 is 22.4 Å². The Morgan fingerprint density at radius 3 is 3.07 bits per heavy atom. The third kappa shape index (κ3) is 3.36. The van der Waals surface area contributed by atoms with Crippen molar-refractivity contribution in [3.8, 4) is 0 Å². The molecule has 2 N–H and O–H groups in total. The van der Waals surface area contributed by atoms with Crippen LogP contribution >= 0.6 is 11.3 Å². The van der Waals surface area contributed by atoms with E-state index in [0.717, 1.165) is 74.9 Å². The van der Waals surface area contributed by atoms with E-state index >= 15 is 0 Å². The number of thiazole rings is 1. The summed E-state index contributed by atoms with van der Waals surface area (Å²) in [6, 6.07) is 0. The first-order chi connectivity index (χ1) is 13.3. The normalized spacial score (nSPS) is 21.8. The minimum absolute atomic E-state index is 0.0177. The molecule has 1 unspecified atom stereocenters. The molecular formula is C19H25N5O2S. The van der Waals surface area contributed by atoms with Gasteiger partial charge in [0.2, 0.25) is 5.91 Å². The van der Waals surface area contributed by atoms with Gasteiger partial charge in [-0.3, -0.25) is 9.89 Å². The van der Waals surface area contributed by atoms with Crippen molar-refractivity contribution in [3.05, 3.63) is 27.5 Å². The van der Waals surface area contributed by atoms with Crippen molar-refractivity contribution in [2.45, 2.75) is 45.1 Å². The van der Waals surface area contributed by atoms with Gasteiger partial charge in [0.25, 0.3) is 0 Å². The van der Waals surface area contributed by atoms with Gasteiger partial charge in [0, 0.05) is 36.0 Å². The van der Waals surface area contributed by atoms with E-state index in [9.17, 15) is 4.79 Å². The number of anilines is 1. The Labute approximate surface area is 162 Å². The second-order valence-corrected chi connectivity index (χ2v) is 8.67. The number of nitrogens with one attached hydrogen (secondary N) is 2. The molecule has 1 fully saturated rings. The Hall–Kier alpha value is -1.93. The molecule has 3 heterocycles. The van der Waals surface area contributed by atoms with E-state index in [-0.39, 0.29) is 11.8 Å². The number of nitrogens with zero attached hydrogens (tertiary/aromatic N) is 3. The number of fused-ring (bicyclic) bond motifs is 2. The van der Waals surface area contributed by atoms with Crippen molar-refractivity contribution in [3.63, 3.8) is 0 Å². The number of carbonyl (C=O) groups excluding carboxylic acids is 1. The van der Waals surface area contributed by atoms with Gasteiger partial charge in [-0.25, -0.2) is 4.98 Å². The lowest BCUT2D eigenvalue weighted by molar-refractivity contribution is -0.125. The van der Waals surface area contributed by atoms with Crippen LogP contribution in [0.15, 0.2) is 0 Å². The Morgan fingerprint density at radius 1 is 1.30 bits per heavy atom. The molecule has 1 saturated heterocycles. The van der Waals surface area contributed by atoms with Gasteiger partial charge in [0.05, 0.1) is 31.1 Å². The molecule has 2 aliphatic carbocycles. The van der Waals surface area contributed by atoms with Gasteiger partial charge in [0.15, 0.2) is 5.13 Å². The average molecular weight is 388 g/mol. The maximum Gasteiger partial charge on any atom is 0.223 e. The Balaban J connectivity index is 1.21. The summed E-state index contributed by atoms with van der Waals surface area (Å²) in [6.45, 7) is 3.89. The first-order valence-electron chi connectivity index (χ1n) is 9.92. The molecule has 2 aromatic heterocycles. The fourth-order valence-corrected chi connectivity index (χ4v) is 5.48. The number of amides is 1. The fraction of sp³-hybridized carbons (Fsp3) is 0.632. The predicted molar refractivity (Wildman–Crippen MR) is 103 cm³/mol. The maximum atomic E-state index is 12.7. The highest BCUT2D eigenvalue weighted by atomic mass is 32.1. The number of morpholine rings is 1. The number of aromatic amines is 1. The highest BCUT2D eigenvalue weighted by Gasteiger charge is 2.29. The van der Waals surface area contributed by atoms with Gasteiger partial charge in [-0.15, -0.1) is 11.3 Å². The van der Waals surface area contributed by atoms with Crippen LogP contribution in [0.2, 0.25) is 0 Å². The van der Waals surface area contributed by atoms with Gasteiger partial charge in [0.1, 0.15) is 0 Å². The highest BCUT2D eigenvalue weighted by molar-refractivity contribution is 7.15. The largest absolute Gasteiger partial charge is 0.378 e. The van der Waals surface area contributed by atoms with Crippen molar-refractivity contribution < 1.29 is 9.53 Å². The summed E-state index contributed by atoms with van der Waals surface area (Å²) in [6.07, 6.45) is 5.95.